The summed E-state index contributed by atoms with van der Waals surface area (Å²) in [5, 5.41) is 15.0. The van der Waals surface area contributed by atoms with Gasteiger partial charge in [-0.25, -0.2) is 4.79 Å². The molecule has 7 heteroatoms. The molecule has 2 aromatic rings. The maximum Gasteiger partial charge on any atom is 0.349 e. The molecule has 5 nitrogen and oxygen atoms in total. The molecule has 0 amide bonds. The minimum atomic E-state index is -1.73. The Bertz CT molecular complexity index is 725. The average molecular weight is 363 g/mol. The Balaban J connectivity index is 1.44. The van der Waals surface area contributed by atoms with Gasteiger partial charge < -0.3 is 14.6 Å². The predicted octanol–water partition coefficient (Wildman–Crippen LogP) is 1.81. The van der Waals surface area contributed by atoms with Crippen molar-refractivity contribution in [2.45, 2.75) is 42.4 Å². The zero-order valence-electron chi connectivity index (χ0n) is 13.0. The van der Waals surface area contributed by atoms with E-state index in [2.05, 4.69) is 11.9 Å². The highest BCUT2D eigenvalue weighted by Gasteiger charge is 2.68. The van der Waals surface area contributed by atoms with Crippen LogP contribution in [-0.4, -0.2) is 53.4 Å². The van der Waals surface area contributed by atoms with E-state index >= 15 is 0 Å². The van der Waals surface area contributed by atoms with Crippen LogP contribution in [0.2, 0.25) is 0 Å². The number of esters is 1. The Morgan fingerprint density at radius 3 is 2.46 bits per heavy atom. The fourth-order valence-electron chi connectivity index (χ4n) is 4.19. The number of epoxide rings is 1. The summed E-state index contributed by atoms with van der Waals surface area (Å²) < 4.78 is 11.5. The fraction of sp³-hybridized carbons (Fsp3) is 0.471. The maximum atomic E-state index is 13.0. The Kier molecular flexibility index (Phi) is 3.21. The molecule has 0 aromatic carbocycles. The van der Waals surface area contributed by atoms with Gasteiger partial charge in [-0.2, -0.15) is 0 Å². The molecule has 24 heavy (non-hydrogen) atoms. The van der Waals surface area contributed by atoms with Gasteiger partial charge in [0.25, 0.3) is 0 Å². The number of hydrogen-bond acceptors (Lipinski definition) is 7. The van der Waals surface area contributed by atoms with Gasteiger partial charge in [0.1, 0.15) is 18.3 Å². The molecule has 2 bridgehead atoms. The molecule has 0 radical (unpaired) electrons. The lowest BCUT2D eigenvalue weighted by atomic mass is 9.96. The van der Waals surface area contributed by atoms with Gasteiger partial charge in [0.15, 0.2) is 0 Å². The van der Waals surface area contributed by atoms with Gasteiger partial charge in [-0.3, -0.25) is 4.90 Å². The number of morpholine rings is 1. The van der Waals surface area contributed by atoms with Crippen LogP contribution in [0.1, 0.15) is 16.2 Å². The molecule has 3 aliphatic rings. The van der Waals surface area contributed by atoms with Gasteiger partial charge in [-0.1, -0.05) is 12.1 Å². The van der Waals surface area contributed by atoms with Crippen LogP contribution in [0.15, 0.2) is 35.0 Å². The van der Waals surface area contributed by atoms with E-state index in [1.165, 1.54) is 22.7 Å². The quantitative estimate of drug-likeness (QED) is 0.663. The molecule has 3 fully saturated rings. The number of hydrogen-bond donors (Lipinski definition) is 1. The summed E-state index contributed by atoms with van der Waals surface area (Å²) in [6.45, 7) is 0. The highest BCUT2D eigenvalue weighted by molar-refractivity contribution is 7.12. The molecule has 0 saturated carbocycles. The number of aliphatic hydroxyl groups is 1. The number of ether oxygens (including phenoxy) is 2. The molecule has 2 aromatic heterocycles. The van der Waals surface area contributed by atoms with Crippen LogP contribution in [0.4, 0.5) is 0 Å². The van der Waals surface area contributed by atoms with Crippen LogP contribution in [0.3, 0.4) is 0 Å². The first kappa shape index (κ1) is 15.0. The molecule has 5 heterocycles. The molecule has 5 atom stereocenters. The maximum absolute atomic E-state index is 13.0. The number of thiophene rings is 2. The third-order valence-corrected chi connectivity index (χ3v) is 7.39. The van der Waals surface area contributed by atoms with Crippen molar-refractivity contribution >= 4 is 28.6 Å². The van der Waals surface area contributed by atoms with Gasteiger partial charge in [0.05, 0.1) is 15.8 Å². The van der Waals surface area contributed by atoms with Crippen LogP contribution in [0.5, 0.6) is 0 Å². The van der Waals surface area contributed by atoms with Gasteiger partial charge in [-0.15, -0.1) is 22.7 Å². The van der Waals surface area contributed by atoms with Gasteiger partial charge in [0, 0.05) is 12.5 Å². The van der Waals surface area contributed by atoms with Crippen LogP contribution in [0, 0.1) is 0 Å². The Hall–Kier alpha value is -1.25. The lowest BCUT2D eigenvalue weighted by Gasteiger charge is -2.28. The van der Waals surface area contributed by atoms with Crippen molar-refractivity contribution in [1.82, 2.24) is 4.90 Å². The molecule has 0 aliphatic carbocycles. The number of rotatable bonds is 4. The fourth-order valence-corrected chi connectivity index (χ4v) is 5.90. The molecule has 5 rings (SSSR count). The molecule has 0 spiro atoms. The SMILES string of the molecule is CN1[C@@H]2[C@@H]3OC3[C@H]1C[C@H]2OC(=O)C(O)(c1cccs1)c1cccs1. The van der Waals surface area contributed by atoms with Crippen LogP contribution >= 0.6 is 22.7 Å². The van der Waals surface area contributed by atoms with E-state index in [-0.39, 0.29) is 18.2 Å². The van der Waals surface area contributed by atoms with Crippen LogP contribution in [-0.2, 0) is 19.9 Å². The van der Waals surface area contributed by atoms with Gasteiger partial charge in [0.2, 0.25) is 5.60 Å². The molecular formula is C17H17NO4S2. The summed E-state index contributed by atoms with van der Waals surface area (Å²) in [5.41, 5.74) is -1.73. The second kappa shape index (κ2) is 5.12. The van der Waals surface area contributed by atoms with E-state index in [0.29, 0.717) is 21.9 Å². The second-order valence-corrected chi connectivity index (χ2v) is 8.53. The number of likely N-dealkylation sites (N-methyl/N-ethyl adjacent to an activating group) is 1. The topological polar surface area (TPSA) is 62.3 Å². The number of carbonyl (C=O) groups is 1. The zero-order chi connectivity index (χ0) is 16.5. The minimum absolute atomic E-state index is 0.111. The Morgan fingerprint density at radius 2 is 1.96 bits per heavy atom. The Morgan fingerprint density at radius 1 is 1.29 bits per heavy atom. The second-order valence-electron chi connectivity index (χ2n) is 6.63. The van der Waals surface area contributed by atoms with E-state index in [4.69, 9.17) is 9.47 Å². The first-order valence-corrected chi connectivity index (χ1v) is 9.75. The molecule has 3 saturated heterocycles. The zero-order valence-corrected chi connectivity index (χ0v) is 14.6. The van der Waals surface area contributed by atoms with Gasteiger partial charge in [-0.05, 0) is 29.9 Å². The normalized spacial score (nSPS) is 34.3. The molecule has 1 N–H and O–H groups in total. The predicted molar refractivity (Wildman–Crippen MR) is 90.1 cm³/mol. The van der Waals surface area contributed by atoms with E-state index in [1.807, 2.05) is 22.9 Å². The van der Waals surface area contributed by atoms with Crippen molar-refractivity contribution in [1.29, 1.82) is 0 Å². The first-order chi connectivity index (χ1) is 11.6. The molecule has 1 unspecified atom stereocenters. The largest absolute Gasteiger partial charge is 0.458 e. The van der Waals surface area contributed by atoms with Crippen LogP contribution < -0.4 is 0 Å². The van der Waals surface area contributed by atoms with E-state index in [0.717, 1.165) is 6.42 Å². The third kappa shape index (κ3) is 1.93. The highest BCUT2D eigenvalue weighted by atomic mass is 32.1. The van der Waals surface area contributed by atoms with E-state index < -0.39 is 11.6 Å². The van der Waals surface area contributed by atoms with Crippen LogP contribution in [0.25, 0.3) is 0 Å². The average Bonchev–Trinajstić information content (AvgIpc) is 3.04. The lowest BCUT2D eigenvalue weighted by molar-refractivity contribution is -0.168. The van der Waals surface area contributed by atoms with E-state index in [9.17, 15) is 9.90 Å². The summed E-state index contributed by atoms with van der Waals surface area (Å²) in [6, 6.07) is 7.66. The lowest BCUT2D eigenvalue weighted by Crippen LogP contribution is -2.43. The van der Waals surface area contributed by atoms with Crippen molar-refractivity contribution in [3.05, 3.63) is 44.8 Å². The minimum Gasteiger partial charge on any atom is -0.458 e. The first-order valence-electron chi connectivity index (χ1n) is 7.99. The Labute approximate surface area is 147 Å². The summed E-state index contributed by atoms with van der Waals surface area (Å²) >= 11 is 2.72. The molecule has 3 aliphatic heterocycles. The van der Waals surface area contributed by atoms with Crippen molar-refractivity contribution in [2.75, 3.05) is 7.05 Å². The highest BCUT2D eigenvalue weighted by Crippen LogP contribution is 2.50. The number of fused-ring (bicyclic) bond motifs is 5. The van der Waals surface area contributed by atoms with Gasteiger partial charge >= 0.3 is 5.97 Å². The third-order valence-electron chi connectivity index (χ3n) is 5.43. The monoisotopic (exact) mass is 363 g/mol. The van der Waals surface area contributed by atoms with Crippen molar-refractivity contribution < 1.29 is 19.4 Å². The van der Waals surface area contributed by atoms with E-state index in [1.54, 1.807) is 12.1 Å². The summed E-state index contributed by atoms with van der Waals surface area (Å²) in [6.07, 6.45) is 1.05. The summed E-state index contributed by atoms with van der Waals surface area (Å²) in [7, 11) is 2.06. The summed E-state index contributed by atoms with van der Waals surface area (Å²) in [4.78, 5) is 16.4. The molecule has 126 valence electrons. The standard InChI is InChI=1S/C17H17NO4S2/c1-18-9-8-10(13(18)15-14(9)22-15)21-16(19)17(20,11-4-2-6-23-11)12-5-3-7-24-12/h2-7,9-10,13-15,20H,8H2,1H3/t9-,10-,13+,14?,15+/m1/s1. The number of carbonyl (C=O) groups excluding carboxylic acids is 1. The summed E-state index contributed by atoms with van der Waals surface area (Å²) in [5.74, 6) is -0.587. The van der Waals surface area contributed by atoms with Crippen molar-refractivity contribution in [2.24, 2.45) is 0 Å². The smallest absolute Gasteiger partial charge is 0.349 e. The van der Waals surface area contributed by atoms with Crippen molar-refractivity contribution in [3.8, 4) is 0 Å². The number of nitrogens with zero attached hydrogens (tertiary/aromatic N) is 1. The van der Waals surface area contributed by atoms with Crippen molar-refractivity contribution in [3.63, 3.8) is 0 Å². The molecular weight excluding hydrogens is 346 g/mol.